The number of hydrogen-bond acceptors (Lipinski definition) is 5. The average Bonchev–Trinajstić information content (AvgIpc) is 2.71. The highest BCUT2D eigenvalue weighted by molar-refractivity contribution is 6.03. The molecule has 2 heterocycles. The fraction of sp³-hybridized carbons (Fsp3) is 0.381. The van der Waals surface area contributed by atoms with Crippen LogP contribution in [0, 0.1) is 13.8 Å². The highest BCUT2D eigenvalue weighted by Gasteiger charge is 2.22. The number of anilines is 2. The maximum atomic E-state index is 12.4. The lowest BCUT2D eigenvalue weighted by atomic mass is 10.1. The second-order valence-corrected chi connectivity index (χ2v) is 6.83. The SMILES string of the molecule is CCOC(=O)N1CCN(c2ccc(C(=O)Nc3ccc(C)c(C)c3)nc2)CC1. The number of hydrogen-bond donors (Lipinski definition) is 1. The van der Waals surface area contributed by atoms with Crippen LogP contribution < -0.4 is 10.2 Å². The number of nitrogens with one attached hydrogen (secondary N) is 1. The van der Waals surface area contributed by atoms with Crippen LogP contribution in [-0.4, -0.2) is 54.7 Å². The molecule has 0 aliphatic carbocycles. The number of aryl methyl sites for hydroxylation is 2. The molecule has 1 aromatic heterocycles. The first-order valence-electron chi connectivity index (χ1n) is 9.49. The fourth-order valence-electron chi connectivity index (χ4n) is 3.08. The van der Waals surface area contributed by atoms with E-state index in [9.17, 15) is 9.59 Å². The van der Waals surface area contributed by atoms with E-state index in [1.807, 2.05) is 38.1 Å². The molecule has 1 aliphatic heterocycles. The third kappa shape index (κ3) is 4.60. The Morgan fingerprint density at radius 2 is 1.82 bits per heavy atom. The predicted octanol–water partition coefficient (Wildman–Crippen LogP) is 3.23. The van der Waals surface area contributed by atoms with Gasteiger partial charge in [0.15, 0.2) is 0 Å². The molecule has 7 nitrogen and oxygen atoms in total. The van der Waals surface area contributed by atoms with Gasteiger partial charge >= 0.3 is 6.09 Å². The summed E-state index contributed by atoms with van der Waals surface area (Å²) in [4.78, 5) is 32.4. The summed E-state index contributed by atoms with van der Waals surface area (Å²) >= 11 is 0. The van der Waals surface area contributed by atoms with Crippen LogP contribution in [0.3, 0.4) is 0 Å². The lowest BCUT2D eigenvalue weighted by molar-refractivity contribution is 0.101. The molecule has 1 N–H and O–H groups in total. The molecule has 148 valence electrons. The summed E-state index contributed by atoms with van der Waals surface area (Å²) in [6, 6.07) is 9.44. The minimum absolute atomic E-state index is 0.234. The van der Waals surface area contributed by atoms with Crippen molar-refractivity contribution in [2.24, 2.45) is 0 Å². The molecule has 0 saturated carbocycles. The van der Waals surface area contributed by atoms with E-state index in [1.165, 1.54) is 5.56 Å². The van der Waals surface area contributed by atoms with Crippen molar-refractivity contribution in [1.82, 2.24) is 9.88 Å². The van der Waals surface area contributed by atoms with Crippen LogP contribution in [0.4, 0.5) is 16.2 Å². The zero-order valence-electron chi connectivity index (χ0n) is 16.6. The molecule has 0 spiro atoms. The van der Waals surface area contributed by atoms with E-state index in [-0.39, 0.29) is 12.0 Å². The summed E-state index contributed by atoms with van der Waals surface area (Å²) in [6.45, 7) is 8.85. The van der Waals surface area contributed by atoms with Gasteiger partial charge in [0.1, 0.15) is 5.69 Å². The lowest BCUT2D eigenvalue weighted by Gasteiger charge is -2.35. The van der Waals surface area contributed by atoms with Crippen molar-refractivity contribution in [2.75, 3.05) is 43.0 Å². The van der Waals surface area contributed by atoms with Crippen LogP contribution in [0.25, 0.3) is 0 Å². The second kappa shape index (κ2) is 8.73. The number of amides is 2. The van der Waals surface area contributed by atoms with E-state index in [0.717, 1.165) is 16.9 Å². The predicted molar refractivity (Wildman–Crippen MR) is 109 cm³/mol. The molecule has 28 heavy (non-hydrogen) atoms. The molecule has 1 aromatic carbocycles. The number of aromatic nitrogens is 1. The largest absolute Gasteiger partial charge is 0.450 e. The molecule has 0 radical (unpaired) electrons. The Morgan fingerprint density at radius 1 is 1.07 bits per heavy atom. The topological polar surface area (TPSA) is 74.8 Å². The minimum atomic E-state index is -0.265. The van der Waals surface area contributed by atoms with E-state index in [2.05, 4.69) is 15.2 Å². The van der Waals surface area contributed by atoms with Gasteiger partial charge in [0.05, 0.1) is 18.5 Å². The summed E-state index contributed by atoms with van der Waals surface area (Å²) < 4.78 is 5.04. The van der Waals surface area contributed by atoms with Gasteiger partial charge in [-0.1, -0.05) is 6.07 Å². The molecule has 1 saturated heterocycles. The van der Waals surface area contributed by atoms with Crippen LogP contribution in [0.1, 0.15) is 28.5 Å². The Balaban J connectivity index is 1.58. The zero-order valence-corrected chi connectivity index (χ0v) is 16.6. The molecule has 2 aromatic rings. The van der Waals surface area contributed by atoms with Crippen LogP contribution in [-0.2, 0) is 4.74 Å². The van der Waals surface area contributed by atoms with Gasteiger partial charge in [0, 0.05) is 31.9 Å². The number of carbonyl (C=O) groups is 2. The van der Waals surface area contributed by atoms with Gasteiger partial charge in [-0.05, 0) is 56.2 Å². The van der Waals surface area contributed by atoms with Crippen LogP contribution in [0.2, 0.25) is 0 Å². The summed E-state index contributed by atoms with van der Waals surface area (Å²) in [5.74, 6) is -0.234. The Bertz CT molecular complexity index is 843. The van der Waals surface area contributed by atoms with Gasteiger partial charge < -0.3 is 19.9 Å². The number of ether oxygens (including phenoxy) is 1. The van der Waals surface area contributed by atoms with Crippen molar-refractivity contribution in [1.29, 1.82) is 0 Å². The molecule has 0 bridgehead atoms. The number of carbonyl (C=O) groups excluding carboxylic acids is 2. The highest BCUT2D eigenvalue weighted by Crippen LogP contribution is 2.18. The highest BCUT2D eigenvalue weighted by atomic mass is 16.6. The van der Waals surface area contributed by atoms with E-state index < -0.39 is 0 Å². The second-order valence-electron chi connectivity index (χ2n) is 6.83. The molecule has 0 unspecified atom stereocenters. The number of piperazine rings is 1. The zero-order chi connectivity index (χ0) is 20.1. The van der Waals surface area contributed by atoms with Crippen molar-refractivity contribution in [2.45, 2.75) is 20.8 Å². The van der Waals surface area contributed by atoms with E-state index in [1.54, 1.807) is 24.1 Å². The first kappa shape index (κ1) is 19.7. The Hall–Kier alpha value is -3.09. The average molecular weight is 382 g/mol. The summed E-state index contributed by atoms with van der Waals surface area (Å²) in [6.07, 6.45) is 1.44. The van der Waals surface area contributed by atoms with E-state index in [0.29, 0.717) is 38.5 Å². The summed E-state index contributed by atoms with van der Waals surface area (Å²) in [5, 5.41) is 2.88. The Morgan fingerprint density at radius 3 is 2.43 bits per heavy atom. The Kier molecular flexibility index (Phi) is 6.13. The Labute approximate surface area is 165 Å². The third-order valence-electron chi connectivity index (χ3n) is 4.92. The van der Waals surface area contributed by atoms with Crippen LogP contribution in [0.15, 0.2) is 36.5 Å². The van der Waals surface area contributed by atoms with Crippen molar-refractivity contribution in [3.63, 3.8) is 0 Å². The van der Waals surface area contributed by atoms with Crippen molar-refractivity contribution < 1.29 is 14.3 Å². The van der Waals surface area contributed by atoms with Gasteiger partial charge in [-0.3, -0.25) is 4.79 Å². The number of pyridine rings is 1. The molecule has 0 atom stereocenters. The first-order valence-corrected chi connectivity index (χ1v) is 9.49. The molecule has 1 fully saturated rings. The molecular weight excluding hydrogens is 356 g/mol. The summed E-state index contributed by atoms with van der Waals surface area (Å²) in [7, 11) is 0. The van der Waals surface area contributed by atoms with Gasteiger partial charge in [0.2, 0.25) is 0 Å². The number of rotatable bonds is 4. The van der Waals surface area contributed by atoms with Crippen LogP contribution >= 0.6 is 0 Å². The molecule has 1 aliphatic rings. The standard InChI is InChI=1S/C21H26N4O3/c1-4-28-21(27)25-11-9-24(10-12-25)18-7-8-19(22-14-18)20(26)23-17-6-5-15(2)16(3)13-17/h5-8,13-14H,4,9-12H2,1-3H3,(H,23,26). The minimum Gasteiger partial charge on any atom is -0.450 e. The first-order chi connectivity index (χ1) is 13.5. The lowest BCUT2D eigenvalue weighted by Crippen LogP contribution is -2.49. The fourth-order valence-corrected chi connectivity index (χ4v) is 3.08. The monoisotopic (exact) mass is 382 g/mol. The maximum absolute atomic E-state index is 12.4. The normalized spacial score (nSPS) is 14.0. The van der Waals surface area contributed by atoms with Crippen LogP contribution in [0.5, 0.6) is 0 Å². The van der Waals surface area contributed by atoms with E-state index >= 15 is 0 Å². The number of benzene rings is 1. The van der Waals surface area contributed by atoms with E-state index in [4.69, 9.17) is 4.74 Å². The van der Waals surface area contributed by atoms with Crippen molar-refractivity contribution in [3.8, 4) is 0 Å². The third-order valence-corrected chi connectivity index (χ3v) is 4.92. The molecular formula is C21H26N4O3. The summed E-state index contributed by atoms with van der Waals surface area (Å²) in [5.41, 5.74) is 4.37. The quantitative estimate of drug-likeness (QED) is 0.879. The molecule has 7 heteroatoms. The van der Waals surface area contributed by atoms with Gasteiger partial charge in [-0.15, -0.1) is 0 Å². The van der Waals surface area contributed by atoms with Gasteiger partial charge in [0.25, 0.3) is 5.91 Å². The maximum Gasteiger partial charge on any atom is 0.409 e. The molecule has 2 amide bonds. The van der Waals surface area contributed by atoms with Gasteiger partial charge in [-0.25, -0.2) is 9.78 Å². The van der Waals surface area contributed by atoms with Crippen molar-refractivity contribution in [3.05, 3.63) is 53.3 Å². The van der Waals surface area contributed by atoms with Gasteiger partial charge in [-0.2, -0.15) is 0 Å². The van der Waals surface area contributed by atoms with Crippen molar-refractivity contribution >= 4 is 23.4 Å². The number of nitrogens with zero attached hydrogens (tertiary/aromatic N) is 3. The molecule has 3 rings (SSSR count). The smallest absolute Gasteiger partial charge is 0.409 e.